The fourth-order valence-electron chi connectivity index (χ4n) is 11.2. The number of hydrogen-bond acceptors (Lipinski definition) is 2. The summed E-state index contributed by atoms with van der Waals surface area (Å²) in [7, 11) is 0. The van der Waals surface area contributed by atoms with Crippen molar-refractivity contribution in [2.24, 2.45) is 0 Å². The number of para-hydroxylation sites is 4. The molecule has 314 valence electrons. The van der Waals surface area contributed by atoms with Gasteiger partial charge in [0.15, 0.2) is 5.58 Å². The molecular weight excluding hydrogens is 811 g/mol. The fourth-order valence-corrected chi connectivity index (χ4v) is 11.2. The molecule has 0 aliphatic heterocycles. The van der Waals surface area contributed by atoms with E-state index in [9.17, 15) is 0 Å². The molecule has 0 saturated carbocycles. The van der Waals surface area contributed by atoms with Gasteiger partial charge in [0.1, 0.15) is 5.58 Å². The van der Waals surface area contributed by atoms with E-state index in [4.69, 9.17) is 4.42 Å². The van der Waals surface area contributed by atoms with Crippen molar-refractivity contribution in [3.05, 3.63) is 283 Å². The van der Waals surface area contributed by atoms with Gasteiger partial charge >= 0.3 is 0 Å². The van der Waals surface area contributed by atoms with Crippen LogP contribution in [-0.4, -0.2) is 0 Å². The number of furan rings is 1. The van der Waals surface area contributed by atoms with Crippen molar-refractivity contribution >= 4 is 49.8 Å². The van der Waals surface area contributed by atoms with E-state index in [2.05, 4.69) is 266 Å². The van der Waals surface area contributed by atoms with E-state index in [-0.39, 0.29) is 0 Å². The summed E-state index contributed by atoms with van der Waals surface area (Å²) >= 11 is 0. The van der Waals surface area contributed by atoms with Crippen LogP contribution in [0, 0.1) is 0 Å². The van der Waals surface area contributed by atoms with Crippen LogP contribution in [0.1, 0.15) is 22.3 Å². The van der Waals surface area contributed by atoms with Crippen LogP contribution >= 0.6 is 0 Å². The number of rotatable bonds is 8. The number of fused-ring (bicyclic) bond motifs is 7. The summed E-state index contributed by atoms with van der Waals surface area (Å²) in [6.07, 6.45) is 0. The summed E-state index contributed by atoms with van der Waals surface area (Å²) in [5, 5.41) is 4.58. The van der Waals surface area contributed by atoms with E-state index in [0.29, 0.717) is 0 Å². The highest BCUT2D eigenvalue weighted by molar-refractivity contribution is 6.13. The molecule has 1 aliphatic rings. The van der Waals surface area contributed by atoms with E-state index in [1.54, 1.807) is 0 Å². The Morgan fingerprint density at radius 2 is 0.791 bits per heavy atom. The van der Waals surface area contributed by atoms with E-state index < -0.39 is 5.41 Å². The molecule has 0 radical (unpaired) electrons. The zero-order chi connectivity index (χ0) is 44.3. The standard InChI is InChI=1S/C65H43NO/c1-4-22-44(23-5-1)48-34-18-24-45-25-19-35-52(62(45)48)49-30-11-15-40-58(49)66(60-42-21-37-54-51-32-13-17-43-61(51)67-64(54)60)59-41-16-12-31-50(59)53-36-20-39-57-63(53)55-33-10-14-38-56(55)65(57,46-26-6-2-7-27-46)47-28-8-3-9-29-47/h1-43H. The second-order valence-corrected chi connectivity index (χ2v) is 17.5. The average Bonchev–Trinajstić information content (AvgIpc) is 3.94. The number of nitrogens with zero attached hydrogens (tertiary/aromatic N) is 1. The molecule has 0 atom stereocenters. The average molecular weight is 854 g/mol. The van der Waals surface area contributed by atoms with E-state index >= 15 is 0 Å². The van der Waals surface area contributed by atoms with Crippen LogP contribution in [0.25, 0.3) is 77.2 Å². The first-order chi connectivity index (χ1) is 33.3. The highest BCUT2D eigenvalue weighted by atomic mass is 16.3. The Bertz CT molecular complexity index is 3770. The van der Waals surface area contributed by atoms with Gasteiger partial charge in [-0.2, -0.15) is 0 Å². The highest BCUT2D eigenvalue weighted by Gasteiger charge is 2.47. The Morgan fingerprint density at radius 3 is 1.51 bits per heavy atom. The van der Waals surface area contributed by atoms with Gasteiger partial charge in [0.2, 0.25) is 0 Å². The topological polar surface area (TPSA) is 16.4 Å². The van der Waals surface area contributed by atoms with Gasteiger partial charge in [-0.15, -0.1) is 0 Å². The first kappa shape index (κ1) is 38.7. The molecule has 0 spiro atoms. The number of hydrogen-bond donors (Lipinski definition) is 0. The molecular formula is C65H43NO. The zero-order valence-electron chi connectivity index (χ0n) is 36.7. The molecule has 1 heterocycles. The molecule has 0 unspecified atom stereocenters. The minimum absolute atomic E-state index is 0.531. The van der Waals surface area contributed by atoms with Gasteiger partial charge in [-0.25, -0.2) is 0 Å². The minimum atomic E-state index is -0.531. The quantitative estimate of drug-likeness (QED) is 0.151. The summed E-state index contributed by atoms with van der Waals surface area (Å²) in [5.74, 6) is 0. The van der Waals surface area contributed by atoms with Crippen molar-refractivity contribution in [1.29, 1.82) is 0 Å². The van der Waals surface area contributed by atoms with Crippen molar-refractivity contribution in [3.63, 3.8) is 0 Å². The van der Waals surface area contributed by atoms with Crippen molar-refractivity contribution in [1.82, 2.24) is 0 Å². The predicted molar refractivity (Wildman–Crippen MR) is 280 cm³/mol. The third-order valence-electron chi connectivity index (χ3n) is 14.0. The van der Waals surface area contributed by atoms with Crippen LogP contribution in [0.4, 0.5) is 17.1 Å². The SMILES string of the molecule is c1ccc(-c2cccc3cccc(-c4ccccc4N(c4ccccc4-c4cccc5c4-c4ccccc4C5(c4ccccc4)c4ccccc4)c4cccc5c4oc4ccccc45)c23)cc1. The van der Waals surface area contributed by atoms with E-state index in [0.717, 1.165) is 55.7 Å². The molecule has 12 aromatic rings. The molecule has 1 aliphatic carbocycles. The molecule has 0 amide bonds. The molecule has 0 bridgehead atoms. The summed E-state index contributed by atoms with van der Waals surface area (Å²) in [6, 6.07) is 95.0. The van der Waals surface area contributed by atoms with E-state index in [1.807, 2.05) is 0 Å². The van der Waals surface area contributed by atoms with Crippen LogP contribution < -0.4 is 4.90 Å². The summed E-state index contributed by atoms with van der Waals surface area (Å²) < 4.78 is 6.95. The van der Waals surface area contributed by atoms with Gasteiger partial charge in [-0.1, -0.05) is 237 Å². The highest BCUT2D eigenvalue weighted by Crippen LogP contribution is 2.59. The lowest BCUT2D eigenvalue weighted by atomic mass is 9.67. The van der Waals surface area contributed by atoms with Crippen molar-refractivity contribution in [3.8, 4) is 44.5 Å². The van der Waals surface area contributed by atoms with E-state index in [1.165, 1.54) is 60.8 Å². The van der Waals surface area contributed by atoms with Crippen molar-refractivity contribution in [2.75, 3.05) is 4.90 Å². The second-order valence-electron chi connectivity index (χ2n) is 17.5. The fraction of sp³-hybridized carbons (Fsp3) is 0.0154. The van der Waals surface area contributed by atoms with Crippen LogP contribution in [0.2, 0.25) is 0 Å². The first-order valence-electron chi connectivity index (χ1n) is 23.1. The molecule has 0 N–H and O–H groups in total. The molecule has 0 saturated heterocycles. The second kappa shape index (κ2) is 15.8. The maximum absolute atomic E-state index is 6.95. The summed E-state index contributed by atoms with van der Waals surface area (Å²) in [4.78, 5) is 2.46. The molecule has 1 aromatic heterocycles. The molecule has 67 heavy (non-hydrogen) atoms. The number of anilines is 3. The molecule has 13 rings (SSSR count). The number of benzene rings is 11. The van der Waals surface area contributed by atoms with Crippen LogP contribution in [-0.2, 0) is 5.41 Å². The minimum Gasteiger partial charge on any atom is -0.454 e. The predicted octanol–water partition coefficient (Wildman–Crippen LogP) is 17.6. The summed E-state index contributed by atoms with van der Waals surface area (Å²) in [6.45, 7) is 0. The molecule has 0 fully saturated rings. The largest absolute Gasteiger partial charge is 0.454 e. The Hall–Kier alpha value is -8.72. The summed E-state index contributed by atoms with van der Waals surface area (Å²) in [5.41, 5.74) is 18.7. The van der Waals surface area contributed by atoms with Gasteiger partial charge in [-0.3, -0.25) is 0 Å². The third-order valence-corrected chi connectivity index (χ3v) is 14.0. The lowest BCUT2D eigenvalue weighted by Crippen LogP contribution is -2.28. The van der Waals surface area contributed by atoms with Crippen LogP contribution in [0.15, 0.2) is 265 Å². The van der Waals surface area contributed by atoms with Gasteiger partial charge in [-0.05, 0) is 90.7 Å². The lowest BCUT2D eigenvalue weighted by Gasteiger charge is -2.34. The zero-order valence-corrected chi connectivity index (χ0v) is 36.7. The Balaban J connectivity index is 1.12. The maximum Gasteiger partial charge on any atom is 0.159 e. The molecule has 2 heteroatoms. The Labute approximate surface area is 390 Å². The van der Waals surface area contributed by atoms with Gasteiger partial charge in [0.25, 0.3) is 0 Å². The normalized spacial score (nSPS) is 12.6. The molecule has 11 aromatic carbocycles. The van der Waals surface area contributed by atoms with Crippen molar-refractivity contribution < 1.29 is 4.42 Å². The Kier molecular flexibility index (Phi) is 9.11. The van der Waals surface area contributed by atoms with Crippen LogP contribution in [0.5, 0.6) is 0 Å². The lowest BCUT2D eigenvalue weighted by molar-refractivity contribution is 0.669. The smallest absolute Gasteiger partial charge is 0.159 e. The van der Waals surface area contributed by atoms with Gasteiger partial charge < -0.3 is 9.32 Å². The monoisotopic (exact) mass is 853 g/mol. The van der Waals surface area contributed by atoms with Gasteiger partial charge in [0, 0.05) is 21.9 Å². The Morgan fingerprint density at radius 1 is 0.313 bits per heavy atom. The maximum atomic E-state index is 6.95. The van der Waals surface area contributed by atoms with Crippen molar-refractivity contribution in [2.45, 2.75) is 5.41 Å². The third kappa shape index (κ3) is 5.97. The van der Waals surface area contributed by atoms with Gasteiger partial charge in [0.05, 0.1) is 22.5 Å². The first-order valence-corrected chi connectivity index (χ1v) is 23.1. The van der Waals surface area contributed by atoms with Crippen LogP contribution in [0.3, 0.4) is 0 Å². The molecule has 2 nitrogen and oxygen atoms in total.